The zero-order valence-corrected chi connectivity index (χ0v) is 6.81. The number of allylic oxidation sites excluding steroid dienone is 2. The number of carbonyl (C=O) groups is 1. The highest BCUT2D eigenvalue weighted by Crippen LogP contribution is 1.73. The molecule has 0 aliphatic heterocycles. The maximum Gasteiger partial charge on any atom is 0.177 e. The van der Waals surface area contributed by atoms with Gasteiger partial charge in [0, 0.05) is 12.4 Å². The Hall–Kier alpha value is -1.70. The van der Waals surface area contributed by atoms with Crippen LogP contribution in [-0.2, 0) is 4.79 Å². The molecule has 0 amide bonds. The maximum atomic E-state index is 9.94. The van der Waals surface area contributed by atoms with Crippen molar-refractivity contribution in [2.75, 3.05) is 0 Å². The highest BCUT2D eigenvalue weighted by atomic mass is 16.1. The average Bonchev–Trinajstić information content (AvgIpc) is 2.20. The number of carbonyl (C=O) groups excluding carboxylic acids is 1. The molecule has 0 spiro atoms. The summed E-state index contributed by atoms with van der Waals surface area (Å²) in [5, 5.41) is 0. The molecule has 0 bridgehead atoms. The number of hydrogen-bond acceptors (Lipinski definition) is 2. The lowest BCUT2D eigenvalue weighted by molar-refractivity contribution is -0.110. The smallest absolute Gasteiger partial charge is 0.177 e. The molecule has 1 aromatic heterocycles. The Morgan fingerprint density at radius 3 is 1.67 bits per heavy atom. The van der Waals surface area contributed by atoms with E-state index in [4.69, 9.17) is 0 Å². The monoisotopic (exact) mass is 161 g/mol. The molecule has 0 unspecified atom stereocenters. The Labute approximate surface area is 72.3 Å². The van der Waals surface area contributed by atoms with Crippen LogP contribution in [-0.4, -0.2) is 10.8 Å². The van der Waals surface area contributed by atoms with Gasteiger partial charge in [0.15, 0.2) is 5.78 Å². The van der Waals surface area contributed by atoms with Gasteiger partial charge in [-0.15, -0.1) is 0 Å². The average molecular weight is 161 g/mol. The second kappa shape index (κ2) is 7.41. The maximum absolute atomic E-state index is 9.94. The van der Waals surface area contributed by atoms with Crippen molar-refractivity contribution >= 4 is 5.78 Å². The van der Waals surface area contributed by atoms with Crippen LogP contribution in [0.2, 0.25) is 0 Å². The van der Waals surface area contributed by atoms with E-state index in [0.29, 0.717) is 0 Å². The van der Waals surface area contributed by atoms with E-state index in [9.17, 15) is 4.79 Å². The highest BCUT2D eigenvalue weighted by molar-refractivity contribution is 5.98. The summed E-state index contributed by atoms with van der Waals surface area (Å²) in [6.45, 7) is 6.42. The molecular weight excluding hydrogens is 150 g/mol. The van der Waals surface area contributed by atoms with Crippen LogP contribution < -0.4 is 0 Å². The third kappa shape index (κ3) is 6.42. The van der Waals surface area contributed by atoms with E-state index in [-0.39, 0.29) is 5.78 Å². The Balaban J connectivity index is 0.000000202. The van der Waals surface area contributed by atoms with Crippen LogP contribution in [0.5, 0.6) is 0 Å². The Bertz CT molecular complexity index is 205. The normalized spacial score (nSPS) is 7.33. The van der Waals surface area contributed by atoms with Crippen molar-refractivity contribution in [3.8, 4) is 0 Å². The lowest BCUT2D eigenvalue weighted by atomic mass is 10.4. The van der Waals surface area contributed by atoms with E-state index in [1.807, 2.05) is 18.2 Å². The van der Waals surface area contributed by atoms with Gasteiger partial charge in [-0.3, -0.25) is 9.78 Å². The van der Waals surface area contributed by atoms with E-state index in [1.165, 1.54) is 12.2 Å². The van der Waals surface area contributed by atoms with Gasteiger partial charge in [-0.2, -0.15) is 0 Å². The van der Waals surface area contributed by atoms with Crippen molar-refractivity contribution in [2.24, 2.45) is 0 Å². The zero-order valence-electron chi connectivity index (χ0n) is 6.81. The van der Waals surface area contributed by atoms with Crippen LogP contribution in [0.4, 0.5) is 0 Å². The van der Waals surface area contributed by atoms with Crippen molar-refractivity contribution in [3.05, 3.63) is 55.9 Å². The predicted molar refractivity (Wildman–Crippen MR) is 49.6 cm³/mol. The first-order chi connectivity index (χ1) is 5.81. The molecule has 1 aromatic rings. The zero-order chi connectivity index (χ0) is 9.23. The first kappa shape index (κ1) is 10.3. The van der Waals surface area contributed by atoms with Crippen LogP contribution in [0.15, 0.2) is 55.9 Å². The van der Waals surface area contributed by atoms with Crippen molar-refractivity contribution in [3.63, 3.8) is 0 Å². The highest BCUT2D eigenvalue weighted by Gasteiger charge is 1.75. The summed E-state index contributed by atoms with van der Waals surface area (Å²) >= 11 is 0. The molecule has 1 heterocycles. The van der Waals surface area contributed by atoms with Crippen molar-refractivity contribution < 1.29 is 4.79 Å². The van der Waals surface area contributed by atoms with Crippen LogP contribution in [0.1, 0.15) is 0 Å². The van der Waals surface area contributed by atoms with E-state index in [0.717, 1.165) is 0 Å². The molecule has 0 aliphatic rings. The van der Waals surface area contributed by atoms with Crippen molar-refractivity contribution in [2.45, 2.75) is 0 Å². The number of aromatic nitrogens is 1. The quantitative estimate of drug-likeness (QED) is 0.621. The third-order valence-electron chi connectivity index (χ3n) is 0.969. The molecule has 0 atom stereocenters. The fraction of sp³-hybridized carbons (Fsp3) is 0. The van der Waals surface area contributed by atoms with Gasteiger partial charge in [0.1, 0.15) is 0 Å². The minimum atomic E-state index is -0.130. The summed E-state index contributed by atoms with van der Waals surface area (Å²) in [7, 11) is 0. The summed E-state index contributed by atoms with van der Waals surface area (Å²) in [6.07, 6.45) is 5.93. The van der Waals surface area contributed by atoms with E-state index >= 15 is 0 Å². The summed E-state index contributed by atoms with van der Waals surface area (Å²) in [6, 6.07) is 5.72. The van der Waals surface area contributed by atoms with Crippen LogP contribution >= 0.6 is 0 Å². The lowest BCUT2D eigenvalue weighted by Crippen LogP contribution is -1.78. The molecule has 1 rings (SSSR count). The molecule has 0 aromatic carbocycles. The molecule has 62 valence electrons. The minimum absolute atomic E-state index is 0.130. The topological polar surface area (TPSA) is 30.0 Å². The van der Waals surface area contributed by atoms with Gasteiger partial charge in [-0.25, -0.2) is 0 Å². The Kier molecular flexibility index (Phi) is 6.36. The summed E-state index contributed by atoms with van der Waals surface area (Å²) < 4.78 is 0. The van der Waals surface area contributed by atoms with Crippen LogP contribution in [0.25, 0.3) is 0 Å². The number of nitrogens with zero attached hydrogens (tertiary/aromatic N) is 1. The molecule has 2 heteroatoms. The lowest BCUT2D eigenvalue weighted by Gasteiger charge is -1.70. The Morgan fingerprint density at radius 2 is 1.58 bits per heavy atom. The number of hydrogen-bond donors (Lipinski definition) is 0. The van der Waals surface area contributed by atoms with Gasteiger partial charge >= 0.3 is 0 Å². The molecular formula is C10H11NO. The largest absolute Gasteiger partial charge is 0.290 e. The van der Waals surface area contributed by atoms with Crippen molar-refractivity contribution in [1.29, 1.82) is 0 Å². The number of pyridine rings is 1. The van der Waals surface area contributed by atoms with Gasteiger partial charge < -0.3 is 0 Å². The second-order valence-corrected chi connectivity index (χ2v) is 1.84. The first-order valence-electron chi connectivity index (χ1n) is 3.45. The van der Waals surface area contributed by atoms with E-state index < -0.39 is 0 Å². The van der Waals surface area contributed by atoms with E-state index in [2.05, 4.69) is 18.1 Å². The first-order valence-corrected chi connectivity index (χ1v) is 3.45. The molecule has 0 saturated carbocycles. The summed E-state index contributed by atoms with van der Waals surface area (Å²) in [4.78, 5) is 13.7. The standard InChI is InChI=1S/C5H5N.C5H6O/c1-2-4-6-5-3-1;1-3-5(6)4-2/h1-5H;3-4H,1-2H2. The molecule has 0 aliphatic carbocycles. The van der Waals surface area contributed by atoms with Crippen molar-refractivity contribution in [1.82, 2.24) is 4.98 Å². The van der Waals surface area contributed by atoms with Crippen LogP contribution in [0.3, 0.4) is 0 Å². The van der Waals surface area contributed by atoms with Crippen LogP contribution in [0, 0.1) is 0 Å². The summed E-state index contributed by atoms with van der Waals surface area (Å²) in [5.74, 6) is -0.130. The van der Waals surface area contributed by atoms with Gasteiger partial charge in [0.05, 0.1) is 0 Å². The second-order valence-electron chi connectivity index (χ2n) is 1.84. The molecule has 12 heavy (non-hydrogen) atoms. The van der Waals surface area contributed by atoms with Gasteiger partial charge in [-0.05, 0) is 24.3 Å². The molecule has 2 nitrogen and oxygen atoms in total. The van der Waals surface area contributed by atoms with Gasteiger partial charge in [-0.1, -0.05) is 19.2 Å². The van der Waals surface area contributed by atoms with E-state index in [1.54, 1.807) is 12.4 Å². The SMILES string of the molecule is C=CC(=O)C=C.c1ccncc1. The summed E-state index contributed by atoms with van der Waals surface area (Å²) in [5.41, 5.74) is 0. The predicted octanol–water partition coefficient (Wildman–Crippen LogP) is 2.01. The molecule has 0 radical (unpaired) electrons. The molecule has 0 N–H and O–H groups in total. The fourth-order valence-electron chi connectivity index (χ4n) is 0.396. The minimum Gasteiger partial charge on any atom is -0.290 e. The fourth-order valence-corrected chi connectivity index (χ4v) is 0.396. The van der Waals surface area contributed by atoms with Gasteiger partial charge in [0.2, 0.25) is 0 Å². The molecule has 0 fully saturated rings. The number of ketones is 1. The third-order valence-corrected chi connectivity index (χ3v) is 0.969. The van der Waals surface area contributed by atoms with Gasteiger partial charge in [0.25, 0.3) is 0 Å². The Morgan fingerprint density at radius 1 is 1.08 bits per heavy atom. The number of rotatable bonds is 2. The molecule has 0 saturated heterocycles.